The summed E-state index contributed by atoms with van der Waals surface area (Å²) in [6.07, 6.45) is 5.30. The summed E-state index contributed by atoms with van der Waals surface area (Å²) in [6.45, 7) is 32.2. The molecule has 9 heterocycles. The molecule has 0 aromatic carbocycles. The van der Waals surface area contributed by atoms with E-state index >= 15 is 0 Å². The highest BCUT2D eigenvalue weighted by atomic mass is 16.9. The van der Waals surface area contributed by atoms with Gasteiger partial charge in [-0.05, 0) is 178 Å². The van der Waals surface area contributed by atoms with Crippen molar-refractivity contribution in [2.45, 2.75) is 286 Å². The van der Waals surface area contributed by atoms with Gasteiger partial charge in [-0.1, -0.05) is 34.6 Å². The van der Waals surface area contributed by atoms with Crippen LogP contribution in [0.1, 0.15) is 201 Å². The quantitative estimate of drug-likeness (QED) is 0.110. The summed E-state index contributed by atoms with van der Waals surface area (Å²) in [4.78, 5) is 130. The van der Waals surface area contributed by atoms with Crippen LogP contribution in [-0.4, -0.2) is 172 Å². The SMILES string of the molecule is CCC(C)(C)C(=O)OC.CCC(C)(C)C(=O)OC1C(=O)OC2C3OC(C)(C)OC3OC12.CCC(C)(C)C(=O)OC1C(=O)OC2CCCC21.CCC(C)(C)C(=O)OC1C2CC3C(=O)OC1C3O2.CCC(C)(C)C(=O)OC1C2CC3C1OC(=O)C3C2C(=O)OC.O=C1OCC2C3CCC(C3)C12. The number of esters is 11. The number of carbonyl (C=O) groups is 11. The molecule has 23 unspecified atom stereocenters. The van der Waals surface area contributed by atoms with E-state index in [0.717, 1.165) is 38.2 Å². The molecule has 0 spiro atoms. The van der Waals surface area contributed by atoms with E-state index in [2.05, 4.69) is 4.74 Å². The van der Waals surface area contributed by atoms with Crippen molar-refractivity contribution < 1.29 is 124 Å². The molecular formula is C73H108O26. The van der Waals surface area contributed by atoms with Gasteiger partial charge in [0.05, 0.1) is 77.7 Å². The number of carbonyl (C=O) groups excluding carboxylic acids is 11. The van der Waals surface area contributed by atoms with Crippen LogP contribution in [0.5, 0.6) is 0 Å². The van der Waals surface area contributed by atoms with Crippen LogP contribution in [0.15, 0.2) is 0 Å². The van der Waals surface area contributed by atoms with E-state index in [4.69, 9.17) is 66.3 Å². The van der Waals surface area contributed by atoms with E-state index in [9.17, 15) is 52.7 Å². The van der Waals surface area contributed by atoms with Crippen LogP contribution in [0.4, 0.5) is 0 Å². The van der Waals surface area contributed by atoms with Crippen molar-refractivity contribution >= 4 is 65.7 Å². The van der Waals surface area contributed by atoms with E-state index in [1.54, 1.807) is 27.7 Å². The molecule has 99 heavy (non-hydrogen) atoms. The largest absolute Gasteiger partial charge is 0.469 e. The van der Waals surface area contributed by atoms with Crippen LogP contribution in [0.25, 0.3) is 0 Å². The highest BCUT2D eigenvalue weighted by molar-refractivity contribution is 5.87. The van der Waals surface area contributed by atoms with Crippen LogP contribution in [0, 0.1) is 86.3 Å². The lowest BCUT2D eigenvalue weighted by atomic mass is 9.78. The Bertz CT molecular complexity index is 3070. The smallest absolute Gasteiger partial charge is 0.350 e. The molecule has 5 aliphatic carbocycles. The Kier molecular flexibility index (Phi) is 22.9. The van der Waals surface area contributed by atoms with Crippen LogP contribution >= 0.6 is 0 Å². The van der Waals surface area contributed by atoms with Gasteiger partial charge in [0.2, 0.25) is 12.2 Å². The summed E-state index contributed by atoms with van der Waals surface area (Å²) in [5.41, 5.74) is -2.61. The van der Waals surface area contributed by atoms with E-state index in [-0.39, 0.29) is 95.2 Å². The summed E-state index contributed by atoms with van der Waals surface area (Å²) in [7, 11) is 2.73. The maximum atomic E-state index is 12.4. The third-order valence-electron chi connectivity index (χ3n) is 24.1. The van der Waals surface area contributed by atoms with Crippen molar-refractivity contribution in [2.75, 3.05) is 20.8 Å². The number of cyclic esters (lactones) is 1. The molecule has 14 aliphatic rings. The lowest BCUT2D eigenvalue weighted by Crippen LogP contribution is -2.45. The van der Waals surface area contributed by atoms with Crippen molar-refractivity contribution in [3.63, 3.8) is 0 Å². The van der Waals surface area contributed by atoms with Crippen molar-refractivity contribution in [2.24, 2.45) is 86.3 Å². The average Bonchev–Trinajstić information content (AvgIpc) is 1.55. The van der Waals surface area contributed by atoms with Crippen molar-refractivity contribution in [1.29, 1.82) is 0 Å². The zero-order valence-corrected chi connectivity index (χ0v) is 61.3. The lowest BCUT2D eigenvalue weighted by Gasteiger charge is -2.32. The highest BCUT2D eigenvalue weighted by Crippen LogP contribution is 2.60. The maximum Gasteiger partial charge on any atom is 0.350 e. The highest BCUT2D eigenvalue weighted by Gasteiger charge is 2.71. The van der Waals surface area contributed by atoms with Crippen molar-refractivity contribution in [3.8, 4) is 0 Å². The topological polar surface area (TPSA) is 326 Å². The fourth-order valence-electron chi connectivity index (χ4n) is 15.7. The third-order valence-corrected chi connectivity index (χ3v) is 24.1. The molecular weight excluding hydrogens is 1290 g/mol. The summed E-state index contributed by atoms with van der Waals surface area (Å²) in [6, 6.07) is 0. The Hall–Kier alpha value is -5.99. The Morgan fingerprint density at radius 2 is 0.960 bits per heavy atom. The minimum atomic E-state index is -1.07. The average molecular weight is 1400 g/mol. The first-order valence-electron chi connectivity index (χ1n) is 35.9. The van der Waals surface area contributed by atoms with Crippen LogP contribution < -0.4 is 0 Å². The molecule has 26 heteroatoms. The van der Waals surface area contributed by atoms with E-state index in [1.807, 2.05) is 90.0 Å². The summed E-state index contributed by atoms with van der Waals surface area (Å²) in [5.74, 6) is -2.87. The monoisotopic (exact) mass is 1400 g/mol. The van der Waals surface area contributed by atoms with Crippen LogP contribution in [0.2, 0.25) is 0 Å². The van der Waals surface area contributed by atoms with Crippen LogP contribution in [0.3, 0.4) is 0 Å². The molecule has 0 amide bonds. The minimum Gasteiger partial charge on any atom is -0.469 e. The first-order chi connectivity index (χ1) is 46.2. The van der Waals surface area contributed by atoms with Gasteiger partial charge in [-0.25, -0.2) is 9.59 Å². The fourth-order valence-corrected chi connectivity index (χ4v) is 15.7. The van der Waals surface area contributed by atoms with E-state index < -0.39 is 118 Å². The second-order valence-corrected chi connectivity index (χ2v) is 32.7. The van der Waals surface area contributed by atoms with Crippen LogP contribution in [-0.2, 0) is 124 Å². The first kappa shape index (κ1) is 77.2. The zero-order chi connectivity index (χ0) is 73.1. The Labute approximate surface area is 580 Å². The number of methoxy groups -OCH3 is 2. The third kappa shape index (κ3) is 15.3. The maximum absolute atomic E-state index is 12.4. The summed E-state index contributed by atoms with van der Waals surface area (Å²) >= 11 is 0. The zero-order valence-electron chi connectivity index (χ0n) is 61.3. The summed E-state index contributed by atoms with van der Waals surface area (Å²) in [5, 5.41) is 0. The number of hydrogen-bond donors (Lipinski definition) is 0. The molecule has 23 atom stereocenters. The number of rotatable bonds is 15. The molecule has 5 saturated carbocycles. The Morgan fingerprint density at radius 1 is 0.434 bits per heavy atom. The fraction of sp³-hybridized carbons (Fsp3) is 0.849. The Morgan fingerprint density at radius 3 is 1.52 bits per heavy atom. The molecule has 9 saturated heterocycles. The van der Waals surface area contributed by atoms with Gasteiger partial charge < -0.3 is 71.1 Å². The van der Waals surface area contributed by atoms with Gasteiger partial charge in [0.25, 0.3) is 0 Å². The van der Waals surface area contributed by atoms with E-state index in [0.29, 0.717) is 56.3 Å². The van der Waals surface area contributed by atoms with E-state index in [1.165, 1.54) is 33.5 Å². The van der Waals surface area contributed by atoms with Gasteiger partial charge in [-0.2, -0.15) is 0 Å². The second kappa shape index (κ2) is 29.4. The van der Waals surface area contributed by atoms with Gasteiger partial charge >= 0.3 is 65.7 Å². The van der Waals surface area contributed by atoms with Crippen molar-refractivity contribution in [1.82, 2.24) is 0 Å². The molecule has 14 fully saturated rings. The minimum absolute atomic E-state index is 0.0231. The van der Waals surface area contributed by atoms with Gasteiger partial charge in [0.1, 0.15) is 30.5 Å². The lowest BCUT2D eigenvalue weighted by molar-refractivity contribution is -0.217. The second-order valence-electron chi connectivity index (χ2n) is 32.7. The molecule has 26 nitrogen and oxygen atoms in total. The van der Waals surface area contributed by atoms with Crippen molar-refractivity contribution in [3.05, 3.63) is 0 Å². The first-order valence-corrected chi connectivity index (χ1v) is 35.9. The number of hydrogen-bond acceptors (Lipinski definition) is 26. The standard InChI is InChI=1S/C16H22O6.C15H22O7.C13H18O5.C13H20O4.C9H12O2.C7H14O2/c1-5-16(2,3)15(19)22-12-7-6-8-10(9(7)13(17)20-4)14(18)21-11(8)12;1-6-14(2,3)13(17)20-9-7-8(18-11(9)16)10-12(19-7)22-15(4,5)21-10;1-4-13(2,3)12(15)18-9-7-5-6-8(16-7)10(9)17-11(6)14;1-4-13(2,3)12(15)17-10-8-6-5-7-9(8)16-11(10)14;10-9-8-6-2-1-5(3-6)7(8)4-11-9;1-5-7(2,3)6(8)9-4/h7-12H,5-6H2,1-4H3;7-10,12H,6H2,1-5H3;6-10H,4-5H2,1-3H3;8-10H,4-7H2,1-3H3;5-8H,1-4H2;5H2,1-4H3. The molecule has 6 bridgehead atoms. The van der Waals surface area contributed by atoms with Gasteiger partial charge in [0.15, 0.2) is 36.5 Å². The predicted octanol–water partition coefficient (Wildman–Crippen LogP) is 8.36. The molecule has 0 aromatic rings. The normalized spacial score (nSPS) is 37.2. The van der Waals surface area contributed by atoms with Gasteiger partial charge in [-0.3, -0.25) is 43.2 Å². The number of fused-ring (bicyclic) bond motifs is 11. The molecule has 556 valence electrons. The Balaban J connectivity index is 0.000000142. The molecule has 0 aromatic heterocycles. The van der Waals surface area contributed by atoms with Gasteiger partial charge in [-0.15, -0.1) is 0 Å². The predicted molar refractivity (Wildman–Crippen MR) is 344 cm³/mol. The molecule has 0 N–H and O–H groups in total. The molecule has 14 rings (SSSR count). The summed E-state index contributed by atoms with van der Waals surface area (Å²) < 4.78 is 80.3. The molecule has 9 aliphatic heterocycles. The van der Waals surface area contributed by atoms with Gasteiger partial charge in [0, 0.05) is 23.7 Å². The molecule has 0 radical (unpaired) electrons. The number of ether oxygens (including phenoxy) is 15.